The molecule has 0 aliphatic rings. The first-order chi connectivity index (χ1) is 10.1. The number of fused-ring (bicyclic) bond motifs is 1. The van der Waals surface area contributed by atoms with Crippen molar-refractivity contribution in [3.63, 3.8) is 0 Å². The van der Waals surface area contributed by atoms with E-state index in [-0.39, 0.29) is 0 Å². The Morgan fingerprint density at radius 2 is 1.71 bits per heavy atom. The second-order valence-electron chi connectivity index (χ2n) is 5.34. The van der Waals surface area contributed by atoms with Crippen LogP contribution in [0.1, 0.15) is 18.1 Å². The highest BCUT2D eigenvalue weighted by Gasteiger charge is 2.24. The third kappa shape index (κ3) is 2.48. The second kappa shape index (κ2) is 5.19. The van der Waals surface area contributed by atoms with Crippen molar-refractivity contribution in [1.29, 1.82) is 0 Å². The molecule has 0 amide bonds. The summed E-state index contributed by atoms with van der Waals surface area (Å²) in [5.41, 5.74) is 9.11. The lowest BCUT2D eigenvalue weighted by atomic mass is 9.85. The fourth-order valence-corrected chi connectivity index (χ4v) is 2.50. The lowest BCUT2D eigenvalue weighted by Crippen LogP contribution is -2.34. The monoisotopic (exact) mass is 278 g/mol. The Morgan fingerprint density at radius 1 is 1.00 bits per heavy atom. The summed E-state index contributed by atoms with van der Waals surface area (Å²) in [6.45, 7) is 2.02. The number of aromatic nitrogens is 1. The fraction of sp³-hybridized carbons (Fsp3) is 0.167. The molecule has 106 valence electrons. The predicted octanol–water partition coefficient (Wildman–Crippen LogP) is 3.47. The van der Waals surface area contributed by atoms with Crippen molar-refractivity contribution in [3.8, 4) is 5.75 Å². The molecular weight excluding hydrogens is 260 g/mol. The molecule has 0 radical (unpaired) electrons. The van der Waals surface area contributed by atoms with Gasteiger partial charge in [-0.25, -0.2) is 0 Å². The van der Waals surface area contributed by atoms with Crippen molar-refractivity contribution in [1.82, 2.24) is 4.98 Å². The summed E-state index contributed by atoms with van der Waals surface area (Å²) in [5, 5.41) is 1.10. The summed E-state index contributed by atoms with van der Waals surface area (Å²) < 4.78 is 5.20. The Hall–Kier alpha value is -2.39. The first-order valence-corrected chi connectivity index (χ1v) is 6.90. The number of hydrogen-bond donors (Lipinski definition) is 1. The molecule has 1 unspecified atom stereocenters. The highest BCUT2D eigenvalue weighted by Crippen LogP contribution is 2.29. The molecule has 2 aromatic carbocycles. The van der Waals surface area contributed by atoms with Gasteiger partial charge in [0.05, 0.1) is 18.2 Å². The van der Waals surface area contributed by atoms with E-state index in [1.165, 1.54) is 0 Å². The maximum absolute atomic E-state index is 6.58. The molecule has 1 aromatic heterocycles. The molecule has 3 nitrogen and oxygen atoms in total. The number of benzene rings is 2. The van der Waals surface area contributed by atoms with E-state index in [9.17, 15) is 0 Å². The molecule has 1 heterocycles. The Morgan fingerprint density at radius 3 is 2.43 bits per heavy atom. The van der Waals surface area contributed by atoms with Crippen molar-refractivity contribution in [2.24, 2.45) is 5.73 Å². The maximum Gasteiger partial charge on any atom is 0.118 e. The number of pyridine rings is 1. The zero-order chi connectivity index (χ0) is 14.9. The van der Waals surface area contributed by atoms with Crippen LogP contribution < -0.4 is 10.5 Å². The molecule has 3 aromatic rings. The summed E-state index contributed by atoms with van der Waals surface area (Å²) in [5.74, 6) is 0.831. The van der Waals surface area contributed by atoms with Crippen molar-refractivity contribution < 1.29 is 4.74 Å². The van der Waals surface area contributed by atoms with E-state index in [1.807, 2.05) is 49.4 Å². The number of hydrogen-bond acceptors (Lipinski definition) is 3. The van der Waals surface area contributed by atoms with Crippen LogP contribution in [0.15, 0.2) is 60.8 Å². The topological polar surface area (TPSA) is 48.1 Å². The Balaban J connectivity index is 2.05. The average Bonchev–Trinajstić information content (AvgIpc) is 2.54. The van der Waals surface area contributed by atoms with E-state index >= 15 is 0 Å². The standard InChI is InChI=1S/C18H18N2O/c1-18(19,14-5-8-16(21-2)9-6-14)15-7-10-17-13(12-15)4-3-11-20-17/h3-12H,19H2,1-2H3. The molecule has 0 fully saturated rings. The molecule has 2 N–H and O–H groups in total. The van der Waals surface area contributed by atoms with Crippen LogP contribution in [0.5, 0.6) is 5.75 Å². The van der Waals surface area contributed by atoms with Gasteiger partial charge < -0.3 is 10.5 Å². The van der Waals surface area contributed by atoms with E-state index in [4.69, 9.17) is 10.5 Å². The lowest BCUT2D eigenvalue weighted by Gasteiger charge is -2.26. The van der Waals surface area contributed by atoms with Crippen LogP contribution in [0.3, 0.4) is 0 Å². The van der Waals surface area contributed by atoms with Gasteiger partial charge in [-0.1, -0.05) is 24.3 Å². The maximum atomic E-state index is 6.58. The van der Waals surface area contributed by atoms with Crippen LogP contribution in [0.4, 0.5) is 0 Å². The molecule has 3 rings (SSSR count). The van der Waals surface area contributed by atoms with E-state index in [0.29, 0.717) is 0 Å². The van der Waals surface area contributed by atoms with Crippen LogP contribution in [0.2, 0.25) is 0 Å². The largest absolute Gasteiger partial charge is 0.497 e. The highest BCUT2D eigenvalue weighted by atomic mass is 16.5. The van der Waals surface area contributed by atoms with Gasteiger partial charge in [0.1, 0.15) is 5.75 Å². The van der Waals surface area contributed by atoms with Crippen LogP contribution in [-0.4, -0.2) is 12.1 Å². The van der Waals surface area contributed by atoms with Gasteiger partial charge in [-0.3, -0.25) is 4.98 Å². The van der Waals surface area contributed by atoms with Crippen molar-refractivity contribution in [3.05, 3.63) is 71.9 Å². The zero-order valence-electron chi connectivity index (χ0n) is 12.2. The number of nitrogens with two attached hydrogens (primary N) is 1. The van der Waals surface area contributed by atoms with Gasteiger partial charge in [0.2, 0.25) is 0 Å². The Labute approximate surface area is 124 Å². The van der Waals surface area contributed by atoms with Gasteiger partial charge >= 0.3 is 0 Å². The van der Waals surface area contributed by atoms with E-state index < -0.39 is 5.54 Å². The van der Waals surface area contributed by atoms with Gasteiger partial charge in [-0.15, -0.1) is 0 Å². The molecule has 1 atom stereocenters. The van der Waals surface area contributed by atoms with Crippen molar-refractivity contribution in [2.45, 2.75) is 12.5 Å². The molecule has 21 heavy (non-hydrogen) atoms. The zero-order valence-corrected chi connectivity index (χ0v) is 12.2. The third-order valence-electron chi connectivity index (χ3n) is 3.89. The number of methoxy groups -OCH3 is 1. The van der Waals surface area contributed by atoms with E-state index in [0.717, 1.165) is 27.8 Å². The minimum atomic E-state index is -0.559. The summed E-state index contributed by atoms with van der Waals surface area (Å²) in [7, 11) is 1.66. The van der Waals surface area contributed by atoms with Gasteiger partial charge in [-0.2, -0.15) is 0 Å². The van der Waals surface area contributed by atoms with Gasteiger partial charge in [0.15, 0.2) is 0 Å². The number of nitrogens with zero attached hydrogens (tertiary/aromatic N) is 1. The molecule has 0 aliphatic carbocycles. The summed E-state index contributed by atoms with van der Waals surface area (Å²) in [6.07, 6.45) is 1.80. The van der Waals surface area contributed by atoms with E-state index in [1.54, 1.807) is 13.3 Å². The fourth-order valence-electron chi connectivity index (χ4n) is 2.50. The average molecular weight is 278 g/mol. The number of rotatable bonds is 3. The molecule has 0 bridgehead atoms. The summed E-state index contributed by atoms with van der Waals surface area (Å²) >= 11 is 0. The van der Waals surface area contributed by atoms with Crippen LogP contribution in [0.25, 0.3) is 10.9 Å². The minimum Gasteiger partial charge on any atom is -0.497 e. The lowest BCUT2D eigenvalue weighted by molar-refractivity contribution is 0.414. The molecule has 0 saturated carbocycles. The van der Waals surface area contributed by atoms with Gasteiger partial charge in [-0.05, 0) is 48.4 Å². The first-order valence-electron chi connectivity index (χ1n) is 6.90. The van der Waals surface area contributed by atoms with Crippen molar-refractivity contribution >= 4 is 10.9 Å². The molecular formula is C18H18N2O. The smallest absolute Gasteiger partial charge is 0.118 e. The highest BCUT2D eigenvalue weighted by molar-refractivity contribution is 5.79. The molecule has 0 saturated heterocycles. The SMILES string of the molecule is COc1ccc(C(C)(N)c2ccc3ncccc3c2)cc1. The van der Waals surface area contributed by atoms with E-state index in [2.05, 4.69) is 17.1 Å². The van der Waals surface area contributed by atoms with Crippen LogP contribution in [0, 0.1) is 0 Å². The summed E-state index contributed by atoms with van der Waals surface area (Å²) in [6, 6.07) is 18.0. The Kier molecular flexibility index (Phi) is 3.35. The summed E-state index contributed by atoms with van der Waals surface area (Å²) in [4.78, 5) is 4.34. The second-order valence-corrected chi connectivity index (χ2v) is 5.34. The quantitative estimate of drug-likeness (QED) is 0.798. The first kappa shape index (κ1) is 13.6. The van der Waals surface area contributed by atoms with Crippen LogP contribution >= 0.6 is 0 Å². The molecule has 0 aliphatic heterocycles. The third-order valence-corrected chi connectivity index (χ3v) is 3.89. The predicted molar refractivity (Wildman–Crippen MR) is 85.4 cm³/mol. The minimum absolute atomic E-state index is 0.559. The normalized spacial score (nSPS) is 13.9. The van der Waals surface area contributed by atoms with Crippen molar-refractivity contribution in [2.75, 3.05) is 7.11 Å². The number of ether oxygens (including phenoxy) is 1. The Bertz CT molecular complexity index is 764. The molecule has 0 spiro atoms. The van der Waals surface area contributed by atoms with Gasteiger partial charge in [0.25, 0.3) is 0 Å². The van der Waals surface area contributed by atoms with Gasteiger partial charge in [0, 0.05) is 11.6 Å². The van der Waals surface area contributed by atoms with Crippen LogP contribution in [-0.2, 0) is 5.54 Å². The molecule has 3 heteroatoms.